The SMILES string of the molecule is CC[C@@H](OC(=O)c1cc(C)nc2ccccc12)C(=O)Nc1cccc(C(C)=O)c1. The number of ether oxygens (including phenoxy) is 1. The molecular formula is C23H22N2O4. The molecule has 0 saturated carbocycles. The molecule has 0 fully saturated rings. The molecule has 1 amide bonds. The van der Waals surface area contributed by atoms with Gasteiger partial charge in [-0.25, -0.2) is 4.79 Å². The van der Waals surface area contributed by atoms with Crippen LogP contribution in [0.15, 0.2) is 54.6 Å². The summed E-state index contributed by atoms with van der Waals surface area (Å²) in [6.07, 6.45) is -0.651. The number of carbonyl (C=O) groups is 3. The van der Waals surface area contributed by atoms with Crippen LogP contribution in [-0.2, 0) is 9.53 Å². The van der Waals surface area contributed by atoms with Gasteiger partial charge in [0.1, 0.15) is 0 Å². The van der Waals surface area contributed by atoms with Crippen LogP contribution in [0.1, 0.15) is 46.7 Å². The van der Waals surface area contributed by atoms with E-state index in [0.29, 0.717) is 39.8 Å². The third kappa shape index (κ3) is 4.66. The monoisotopic (exact) mass is 390 g/mol. The lowest BCUT2D eigenvalue weighted by molar-refractivity contribution is -0.124. The van der Waals surface area contributed by atoms with Crippen LogP contribution in [0.5, 0.6) is 0 Å². The van der Waals surface area contributed by atoms with Gasteiger partial charge < -0.3 is 10.1 Å². The van der Waals surface area contributed by atoms with Crippen molar-refractivity contribution in [1.82, 2.24) is 4.98 Å². The van der Waals surface area contributed by atoms with Crippen molar-refractivity contribution in [3.8, 4) is 0 Å². The Morgan fingerprint density at radius 2 is 1.83 bits per heavy atom. The van der Waals surface area contributed by atoms with Gasteiger partial charge in [-0.2, -0.15) is 0 Å². The molecule has 0 aliphatic heterocycles. The summed E-state index contributed by atoms with van der Waals surface area (Å²) in [6.45, 7) is 5.02. The molecule has 1 heterocycles. The number of fused-ring (bicyclic) bond motifs is 1. The molecule has 2 aromatic carbocycles. The van der Waals surface area contributed by atoms with E-state index in [1.165, 1.54) is 6.92 Å². The molecule has 3 aromatic rings. The lowest BCUT2D eigenvalue weighted by atomic mass is 10.1. The van der Waals surface area contributed by atoms with E-state index < -0.39 is 18.0 Å². The van der Waals surface area contributed by atoms with Crippen LogP contribution in [-0.4, -0.2) is 28.7 Å². The molecule has 0 bridgehead atoms. The highest BCUT2D eigenvalue weighted by molar-refractivity contribution is 6.05. The second-order valence-corrected chi connectivity index (χ2v) is 6.76. The van der Waals surface area contributed by atoms with Gasteiger partial charge in [0, 0.05) is 22.3 Å². The summed E-state index contributed by atoms with van der Waals surface area (Å²) in [6, 6.07) is 15.6. The van der Waals surface area contributed by atoms with Gasteiger partial charge in [-0.3, -0.25) is 14.6 Å². The first-order chi connectivity index (χ1) is 13.9. The Hall–Kier alpha value is -3.54. The first kappa shape index (κ1) is 20.2. The van der Waals surface area contributed by atoms with Gasteiger partial charge >= 0.3 is 5.97 Å². The predicted molar refractivity (Wildman–Crippen MR) is 111 cm³/mol. The quantitative estimate of drug-likeness (QED) is 0.500. The maximum absolute atomic E-state index is 12.8. The Kier molecular flexibility index (Phi) is 6.02. The average molecular weight is 390 g/mol. The normalized spacial score (nSPS) is 11.7. The standard InChI is InChI=1S/C23H22N2O4/c1-4-21(22(27)25-17-9-7-8-16(13-17)15(3)26)29-23(28)19-12-14(2)24-20-11-6-5-10-18(19)20/h5-13,21H,4H2,1-3H3,(H,25,27)/t21-/m1/s1. The predicted octanol–water partition coefficient (Wildman–Crippen LogP) is 4.32. The molecule has 1 atom stereocenters. The van der Waals surface area contributed by atoms with Gasteiger partial charge in [0.25, 0.3) is 5.91 Å². The first-order valence-corrected chi connectivity index (χ1v) is 9.38. The highest BCUT2D eigenvalue weighted by Crippen LogP contribution is 2.20. The smallest absolute Gasteiger partial charge is 0.339 e. The lowest BCUT2D eigenvalue weighted by Gasteiger charge is -2.17. The fraction of sp³-hybridized carbons (Fsp3) is 0.217. The molecule has 0 aliphatic rings. The number of esters is 1. The van der Waals surface area contributed by atoms with Gasteiger partial charge in [-0.1, -0.05) is 37.3 Å². The number of aromatic nitrogens is 1. The van der Waals surface area contributed by atoms with Crippen LogP contribution < -0.4 is 5.32 Å². The van der Waals surface area contributed by atoms with Crippen LogP contribution in [0, 0.1) is 6.92 Å². The zero-order chi connectivity index (χ0) is 21.0. The lowest BCUT2D eigenvalue weighted by Crippen LogP contribution is -2.32. The van der Waals surface area contributed by atoms with Gasteiger partial charge in [-0.05, 0) is 44.5 Å². The van der Waals surface area contributed by atoms with Crippen molar-refractivity contribution in [1.29, 1.82) is 0 Å². The summed E-state index contributed by atoms with van der Waals surface area (Å²) in [4.78, 5) is 41.4. The van der Waals surface area contributed by atoms with Crippen molar-refractivity contribution in [2.75, 3.05) is 5.32 Å². The first-order valence-electron chi connectivity index (χ1n) is 9.38. The van der Waals surface area contributed by atoms with E-state index in [0.717, 1.165) is 0 Å². The number of ketones is 1. The molecule has 0 aliphatic carbocycles. The number of hydrogen-bond acceptors (Lipinski definition) is 5. The highest BCUT2D eigenvalue weighted by atomic mass is 16.5. The number of hydrogen-bond donors (Lipinski definition) is 1. The van der Waals surface area contributed by atoms with E-state index in [2.05, 4.69) is 10.3 Å². The van der Waals surface area contributed by atoms with Crippen molar-refractivity contribution in [3.63, 3.8) is 0 Å². The number of anilines is 1. The molecule has 3 rings (SSSR count). The van der Waals surface area contributed by atoms with Crippen molar-refractivity contribution in [3.05, 3.63) is 71.4 Å². The van der Waals surface area contributed by atoms with Crippen molar-refractivity contribution >= 4 is 34.3 Å². The number of carbonyl (C=O) groups excluding carboxylic acids is 3. The van der Waals surface area contributed by atoms with Gasteiger partial charge in [0.15, 0.2) is 11.9 Å². The molecule has 0 saturated heterocycles. The number of amides is 1. The maximum atomic E-state index is 12.8. The minimum absolute atomic E-state index is 0.0977. The van der Waals surface area contributed by atoms with Gasteiger partial charge in [0.05, 0.1) is 11.1 Å². The number of Topliss-reactive ketones (excluding diaryl/α,β-unsaturated/α-hetero) is 1. The molecule has 1 aromatic heterocycles. The average Bonchev–Trinajstić information content (AvgIpc) is 2.71. The molecule has 0 spiro atoms. The van der Waals surface area contributed by atoms with Crippen LogP contribution >= 0.6 is 0 Å². The van der Waals surface area contributed by atoms with Crippen molar-refractivity contribution < 1.29 is 19.1 Å². The van der Waals surface area contributed by atoms with Crippen molar-refractivity contribution in [2.45, 2.75) is 33.3 Å². The van der Waals surface area contributed by atoms with Crippen LogP contribution in [0.2, 0.25) is 0 Å². The van der Waals surface area contributed by atoms with Crippen molar-refractivity contribution in [2.24, 2.45) is 0 Å². The van der Waals surface area contributed by atoms with Crippen LogP contribution in [0.4, 0.5) is 5.69 Å². The Balaban J connectivity index is 1.79. The summed E-state index contributed by atoms with van der Waals surface area (Å²) in [5.74, 6) is -1.12. The van der Waals surface area contributed by atoms with Crippen LogP contribution in [0.3, 0.4) is 0 Å². The molecule has 6 nitrogen and oxygen atoms in total. The Labute approximate surface area is 168 Å². The minimum Gasteiger partial charge on any atom is -0.449 e. The zero-order valence-electron chi connectivity index (χ0n) is 16.6. The van der Waals surface area contributed by atoms with Gasteiger partial charge in [0.2, 0.25) is 0 Å². The molecular weight excluding hydrogens is 368 g/mol. The van der Waals surface area contributed by atoms with E-state index in [1.807, 2.05) is 18.2 Å². The van der Waals surface area contributed by atoms with E-state index in [1.54, 1.807) is 50.2 Å². The third-order valence-electron chi connectivity index (χ3n) is 4.51. The largest absolute Gasteiger partial charge is 0.449 e. The number of para-hydroxylation sites is 1. The molecule has 1 N–H and O–H groups in total. The molecule has 0 unspecified atom stereocenters. The summed E-state index contributed by atoms with van der Waals surface area (Å²) >= 11 is 0. The number of pyridine rings is 1. The number of aryl methyl sites for hydroxylation is 1. The fourth-order valence-corrected chi connectivity index (χ4v) is 3.03. The second kappa shape index (κ2) is 8.65. The number of nitrogens with one attached hydrogen (secondary N) is 1. The number of rotatable bonds is 6. The Bertz CT molecular complexity index is 1090. The summed E-state index contributed by atoms with van der Waals surface area (Å²) in [5.41, 5.74) is 2.72. The maximum Gasteiger partial charge on any atom is 0.339 e. The number of benzene rings is 2. The summed E-state index contributed by atoms with van der Waals surface area (Å²) in [5, 5.41) is 3.39. The van der Waals surface area contributed by atoms with E-state index >= 15 is 0 Å². The number of nitrogens with zero attached hydrogens (tertiary/aromatic N) is 1. The molecule has 6 heteroatoms. The van der Waals surface area contributed by atoms with E-state index in [4.69, 9.17) is 4.74 Å². The fourth-order valence-electron chi connectivity index (χ4n) is 3.03. The minimum atomic E-state index is -0.962. The second-order valence-electron chi connectivity index (χ2n) is 6.76. The molecule has 0 radical (unpaired) electrons. The van der Waals surface area contributed by atoms with Gasteiger partial charge in [-0.15, -0.1) is 0 Å². The third-order valence-corrected chi connectivity index (χ3v) is 4.51. The summed E-state index contributed by atoms with van der Waals surface area (Å²) < 4.78 is 5.51. The summed E-state index contributed by atoms with van der Waals surface area (Å²) in [7, 11) is 0. The molecule has 29 heavy (non-hydrogen) atoms. The Morgan fingerprint density at radius 3 is 2.55 bits per heavy atom. The zero-order valence-corrected chi connectivity index (χ0v) is 16.6. The highest BCUT2D eigenvalue weighted by Gasteiger charge is 2.23. The van der Waals surface area contributed by atoms with E-state index in [-0.39, 0.29) is 5.78 Å². The molecule has 148 valence electrons. The van der Waals surface area contributed by atoms with E-state index in [9.17, 15) is 14.4 Å². The topological polar surface area (TPSA) is 85.4 Å². The Morgan fingerprint density at radius 1 is 1.07 bits per heavy atom. The van der Waals surface area contributed by atoms with Crippen LogP contribution in [0.25, 0.3) is 10.9 Å².